The molecular weight excluding hydrogens is 364 g/mol. The number of amides is 1. The number of quaternary nitrogens is 1. The lowest BCUT2D eigenvalue weighted by molar-refractivity contribution is -0.885. The normalized spacial score (nSPS) is 19.2. The molecule has 0 spiro atoms. The van der Waals surface area contributed by atoms with Crippen molar-refractivity contribution in [2.45, 2.75) is 25.4 Å². The number of fused-ring (bicyclic) bond motifs is 1. The highest BCUT2D eigenvalue weighted by atomic mass is 16.2. The molecule has 0 aliphatic carbocycles. The molecular formula is C23H27N4O2+. The molecule has 3 aromatic rings. The maximum Gasteiger partial charge on any atom is 0.274 e. The SMILES string of the molecule is CN(C(=O)c1nn(Cc2ccccc2)c(=O)c2ccccc12)C1CC[NH+](C)CC1. The lowest BCUT2D eigenvalue weighted by Crippen LogP contribution is -3.10. The molecule has 150 valence electrons. The van der Waals surface area contributed by atoms with Crippen molar-refractivity contribution < 1.29 is 9.69 Å². The van der Waals surface area contributed by atoms with E-state index in [0.717, 1.165) is 31.5 Å². The fourth-order valence-corrected chi connectivity index (χ4v) is 4.07. The predicted molar refractivity (Wildman–Crippen MR) is 113 cm³/mol. The summed E-state index contributed by atoms with van der Waals surface area (Å²) in [5.74, 6) is -0.118. The molecule has 0 bridgehead atoms. The molecule has 1 aliphatic rings. The molecule has 0 atom stereocenters. The summed E-state index contributed by atoms with van der Waals surface area (Å²) >= 11 is 0. The standard InChI is InChI=1S/C23H26N4O2/c1-25-14-12-18(13-15-25)26(2)23(29)21-19-10-6-7-11-20(19)22(28)27(24-21)16-17-8-4-3-5-9-17/h3-11,18H,12-16H2,1-2H3/p+1. The van der Waals surface area contributed by atoms with Gasteiger partial charge in [-0.1, -0.05) is 48.5 Å². The Kier molecular flexibility index (Phi) is 5.45. The van der Waals surface area contributed by atoms with Crippen molar-refractivity contribution in [3.63, 3.8) is 0 Å². The van der Waals surface area contributed by atoms with E-state index in [9.17, 15) is 9.59 Å². The molecule has 4 rings (SSSR count). The van der Waals surface area contributed by atoms with Crippen LogP contribution in [0.25, 0.3) is 10.8 Å². The molecule has 6 nitrogen and oxygen atoms in total. The summed E-state index contributed by atoms with van der Waals surface area (Å²) in [6.45, 7) is 2.46. The summed E-state index contributed by atoms with van der Waals surface area (Å²) < 4.78 is 1.41. The van der Waals surface area contributed by atoms with E-state index in [1.54, 1.807) is 6.07 Å². The Balaban J connectivity index is 1.73. The summed E-state index contributed by atoms with van der Waals surface area (Å²) in [4.78, 5) is 29.7. The highest BCUT2D eigenvalue weighted by Crippen LogP contribution is 2.18. The zero-order valence-corrected chi connectivity index (χ0v) is 17.0. The van der Waals surface area contributed by atoms with Crippen LogP contribution in [-0.2, 0) is 6.54 Å². The molecule has 0 saturated carbocycles. The molecule has 1 fully saturated rings. The Morgan fingerprint density at radius 3 is 2.38 bits per heavy atom. The fourth-order valence-electron chi connectivity index (χ4n) is 4.07. The van der Waals surface area contributed by atoms with Crippen LogP contribution in [0.2, 0.25) is 0 Å². The van der Waals surface area contributed by atoms with Crippen molar-refractivity contribution in [1.82, 2.24) is 14.7 Å². The van der Waals surface area contributed by atoms with Crippen LogP contribution in [0.15, 0.2) is 59.4 Å². The van der Waals surface area contributed by atoms with Crippen LogP contribution < -0.4 is 10.5 Å². The lowest BCUT2D eigenvalue weighted by Gasteiger charge is -2.33. The van der Waals surface area contributed by atoms with Gasteiger partial charge in [-0.05, 0) is 11.6 Å². The summed E-state index contributed by atoms with van der Waals surface area (Å²) in [6, 6.07) is 17.2. The number of aromatic nitrogens is 2. The van der Waals surface area contributed by atoms with Crippen LogP contribution in [0.4, 0.5) is 0 Å². The van der Waals surface area contributed by atoms with E-state index in [-0.39, 0.29) is 17.5 Å². The van der Waals surface area contributed by atoms with Gasteiger partial charge in [-0.2, -0.15) is 5.10 Å². The molecule has 2 heterocycles. The van der Waals surface area contributed by atoms with Gasteiger partial charge in [0.05, 0.1) is 32.1 Å². The van der Waals surface area contributed by atoms with Crippen molar-refractivity contribution in [3.05, 3.63) is 76.2 Å². The number of hydrogen-bond acceptors (Lipinski definition) is 3. The monoisotopic (exact) mass is 391 g/mol. The van der Waals surface area contributed by atoms with E-state index in [1.165, 1.54) is 9.58 Å². The third kappa shape index (κ3) is 3.93. The van der Waals surface area contributed by atoms with E-state index in [2.05, 4.69) is 12.1 Å². The van der Waals surface area contributed by atoms with Gasteiger partial charge in [0.2, 0.25) is 0 Å². The van der Waals surface area contributed by atoms with Crippen molar-refractivity contribution in [3.8, 4) is 0 Å². The molecule has 1 aliphatic heterocycles. The van der Waals surface area contributed by atoms with Gasteiger partial charge >= 0.3 is 0 Å². The number of nitrogens with one attached hydrogen (secondary N) is 1. The minimum Gasteiger partial charge on any atom is -0.337 e. The van der Waals surface area contributed by atoms with E-state index >= 15 is 0 Å². The Hall–Kier alpha value is -2.99. The number of rotatable bonds is 4. The molecule has 1 N–H and O–H groups in total. The highest BCUT2D eigenvalue weighted by molar-refractivity contribution is 6.04. The smallest absolute Gasteiger partial charge is 0.274 e. The lowest BCUT2D eigenvalue weighted by atomic mass is 10.0. The van der Waals surface area contributed by atoms with E-state index in [4.69, 9.17) is 0 Å². The Morgan fingerprint density at radius 1 is 1.07 bits per heavy atom. The maximum absolute atomic E-state index is 13.4. The van der Waals surface area contributed by atoms with E-state index in [1.807, 2.05) is 60.5 Å². The first-order chi connectivity index (χ1) is 14.0. The van der Waals surface area contributed by atoms with Crippen LogP contribution in [0.5, 0.6) is 0 Å². The number of carbonyl (C=O) groups is 1. The van der Waals surface area contributed by atoms with Gasteiger partial charge in [-0.15, -0.1) is 0 Å². The zero-order valence-electron chi connectivity index (χ0n) is 17.0. The first kappa shape index (κ1) is 19.3. The van der Waals surface area contributed by atoms with Crippen LogP contribution in [-0.4, -0.2) is 53.8 Å². The number of nitrogens with zero attached hydrogens (tertiary/aromatic N) is 3. The second-order valence-corrected chi connectivity index (χ2v) is 7.95. The Bertz CT molecular complexity index is 1070. The minimum absolute atomic E-state index is 0.118. The largest absolute Gasteiger partial charge is 0.337 e. The number of carbonyl (C=O) groups excluding carboxylic acids is 1. The first-order valence-corrected chi connectivity index (χ1v) is 10.2. The van der Waals surface area contributed by atoms with Crippen molar-refractivity contribution in [2.24, 2.45) is 0 Å². The predicted octanol–water partition coefficient (Wildman–Crippen LogP) is 1.19. The van der Waals surface area contributed by atoms with Gasteiger partial charge in [0, 0.05) is 31.3 Å². The first-order valence-electron chi connectivity index (χ1n) is 10.2. The van der Waals surface area contributed by atoms with Crippen molar-refractivity contribution >= 4 is 16.7 Å². The van der Waals surface area contributed by atoms with Crippen molar-refractivity contribution in [1.29, 1.82) is 0 Å². The van der Waals surface area contributed by atoms with Crippen LogP contribution >= 0.6 is 0 Å². The summed E-state index contributed by atoms with van der Waals surface area (Å²) in [5.41, 5.74) is 1.15. The molecule has 6 heteroatoms. The molecule has 0 radical (unpaired) electrons. The van der Waals surface area contributed by atoms with Gasteiger partial charge in [0.15, 0.2) is 5.69 Å². The molecule has 2 aromatic carbocycles. The average Bonchev–Trinajstić information content (AvgIpc) is 2.76. The molecule has 1 amide bonds. The van der Waals surface area contributed by atoms with Gasteiger partial charge in [-0.3, -0.25) is 9.59 Å². The fraction of sp³-hybridized carbons (Fsp3) is 0.348. The summed E-state index contributed by atoms with van der Waals surface area (Å²) in [7, 11) is 4.04. The maximum atomic E-state index is 13.4. The second kappa shape index (κ2) is 8.17. The minimum atomic E-state index is -0.174. The second-order valence-electron chi connectivity index (χ2n) is 7.95. The number of hydrogen-bond donors (Lipinski definition) is 1. The quantitative estimate of drug-likeness (QED) is 0.727. The van der Waals surface area contributed by atoms with Gasteiger partial charge in [-0.25, -0.2) is 4.68 Å². The Morgan fingerprint density at radius 2 is 1.69 bits per heavy atom. The third-order valence-corrected chi connectivity index (χ3v) is 5.92. The number of benzene rings is 2. The van der Waals surface area contributed by atoms with E-state index in [0.29, 0.717) is 23.0 Å². The Labute approximate surface area is 170 Å². The average molecular weight is 391 g/mol. The highest BCUT2D eigenvalue weighted by Gasteiger charge is 2.28. The number of likely N-dealkylation sites (tertiary alicyclic amines) is 1. The van der Waals surface area contributed by atoms with Crippen molar-refractivity contribution in [2.75, 3.05) is 27.2 Å². The van der Waals surface area contributed by atoms with E-state index < -0.39 is 0 Å². The molecule has 1 saturated heterocycles. The molecule has 0 unspecified atom stereocenters. The van der Waals surface area contributed by atoms with Crippen LogP contribution in [0.3, 0.4) is 0 Å². The summed E-state index contributed by atoms with van der Waals surface area (Å²) in [6.07, 6.45) is 1.96. The topological polar surface area (TPSA) is 59.6 Å². The van der Waals surface area contributed by atoms with Gasteiger partial charge in [0.1, 0.15) is 0 Å². The van der Waals surface area contributed by atoms with Gasteiger partial charge < -0.3 is 9.80 Å². The zero-order chi connectivity index (χ0) is 20.4. The third-order valence-electron chi connectivity index (χ3n) is 5.92. The number of piperidine rings is 1. The molecule has 29 heavy (non-hydrogen) atoms. The van der Waals surface area contributed by atoms with Crippen LogP contribution in [0.1, 0.15) is 28.9 Å². The van der Waals surface area contributed by atoms with Gasteiger partial charge in [0.25, 0.3) is 11.5 Å². The molecule has 1 aromatic heterocycles. The summed E-state index contributed by atoms with van der Waals surface area (Å²) in [5, 5.41) is 5.69. The van der Waals surface area contributed by atoms with Crippen LogP contribution in [0, 0.1) is 0 Å².